The van der Waals surface area contributed by atoms with Crippen LogP contribution >= 0.6 is 0 Å². The van der Waals surface area contributed by atoms with Crippen molar-refractivity contribution < 1.29 is 4.74 Å². The van der Waals surface area contributed by atoms with Crippen molar-refractivity contribution in [3.63, 3.8) is 0 Å². The molecule has 0 spiro atoms. The minimum absolute atomic E-state index is 0.0866. The van der Waals surface area contributed by atoms with Crippen LogP contribution in [-0.2, 0) is 7.05 Å². The van der Waals surface area contributed by atoms with E-state index < -0.39 is 0 Å². The molecule has 1 aromatic heterocycles. The Morgan fingerprint density at radius 1 is 1.26 bits per heavy atom. The molecule has 102 valence electrons. The molecule has 1 aromatic carbocycles. The second kappa shape index (κ2) is 5.45. The van der Waals surface area contributed by atoms with Gasteiger partial charge in [-0.3, -0.25) is 4.68 Å². The predicted octanol–water partition coefficient (Wildman–Crippen LogP) is 2.35. The fourth-order valence-corrected chi connectivity index (χ4v) is 2.36. The molecule has 2 aromatic rings. The average molecular weight is 259 g/mol. The van der Waals surface area contributed by atoms with Crippen LogP contribution in [0.1, 0.15) is 28.4 Å². The van der Waals surface area contributed by atoms with Gasteiger partial charge in [-0.15, -0.1) is 0 Å². The Morgan fingerprint density at radius 2 is 2.00 bits per heavy atom. The highest BCUT2D eigenvalue weighted by Gasteiger charge is 2.20. The topological polar surface area (TPSA) is 39.1 Å². The number of nitrogens with one attached hydrogen (secondary N) is 1. The molecular weight excluding hydrogens is 238 g/mol. The number of rotatable bonds is 4. The Hall–Kier alpha value is -1.81. The second-order valence-corrected chi connectivity index (χ2v) is 4.78. The lowest BCUT2D eigenvalue weighted by atomic mass is 9.97. The van der Waals surface area contributed by atoms with Crippen LogP contribution in [0, 0.1) is 13.8 Å². The molecule has 1 atom stereocenters. The monoisotopic (exact) mass is 259 g/mol. The quantitative estimate of drug-likeness (QED) is 0.916. The molecule has 1 N–H and O–H groups in total. The van der Waals surface area contributed by atoms with Gasteiger partial charge in [0.15, 0.2) is 0 Å². The van der Waals surface area contributed by atoms with E-state index in [-0.39, 0.29) is 6.04 Å². The van der Waals surface area contributed by atoms with Crippen LogP contribution < -0.4 is 10.1 Å². The SMILES string of the molecule is CNC(c1cc(C)ccc1OC)c1cnn(C)c1C. The van der Waals surface area contributed by atoms with Crippen molar-refractivity contribution in [3.8, 4) is 5.75 Å². The van der Waals surface area contributed by atoms with Crippen LogP contribution in [0.25, 0.3) is 0 Å². The minimum atomic E-state index is 0.0866. The van der Waals surface area contributed by atoms with Crippen LogP contribution in [-0.4, -0.2) is 23.9 Å². The van der Waals surface area contributed by atoms with Crippen LogP contribution in [0.2, 0.25) is 0 Å². The number of aromatic nitrogens is 2. The average Bonchev–Trinajstić information content (AvgIpc) is 2.72. The van der Waals surface area contributed by atoms with Crippen molar-refractivity contribution in [2.45, 2.75) is 19.9 Å². The molecule has 19 heavy (non-hydrogen) atoms. The Labute approximate surface area is 114 Å². The van der Waals surface area contributed by atoms with Gasteiger partial charge in [0.05, 0.1) is 19.3 Å². The van der Waals surface area contributed by atoms with Gasteiger partial charge >= 0.3 is 0 Å². The van der Waals surface area contributed by atoms with E-state index >= 15 is 0 Å². The van der Waals surface area contributed by atoms with E-state index in [1.54, 1.807) is 7.11 Å². The minimum Gasteiger partial charge on any atom is -0.496 e. The highest BCUT2D eigenvalue weighted by Crippen LogP contribution is 2.31. The maximum atomic E-state index is 5.48. The maximum absolute atomic E-state index is 5.48. The first kappa shape index (κ1) is 13.6. The summed E-state index contributed by atoms with van der Waals surface area (Å²) in [6, 6.07) is 6.32. The van der Waals surface area contributed by atoms with Gasteiger partial charge in [-0.05, 0) is 27.0 Å². The second-order valence-electron chi connectivity index (χ2n) is 4.78. The van der Waals surface area contributed by atoms with E-state index in [1.165, 1.54) is 11.1 Å². The smallest absolute Gasteiger partial charge is 0.124 e. The number of hydrogen-bond acceptors (Lipinski definition) is 3. The van der Waals surface area contributed by atoms with Gasteiger partial charge < -0.3 is 10.1 Å². The summed E-state index contributed by atoms with van der Waals surface area (Å²) >= 11 is 0. The van der Waals surface area contributed by atoms with E-state index in [9.17, 15) is 0 Å². The lowest BCUT2D eigenvalue weighted by molar-refractivity contribution is 0.405. The van der Waals surface area contributed by atoms with Crippen LogP contribution in [0.4, 0.5) is 0 Å². The van der Waals surface area contributed by atoms with Gasteiger partial charge in [-0.1, -0.05) is 17.7 Å². The summed E-state index contributed by atoms with van der Waals surface area (Å²) in [7, 11) is 5.62. The van der Waals surface area contributed by atoms with Gasteiger partial charge in [0.25, 0.3) is 0 Å². The van der Waals surface area contributed by atoms with Gasteiger partial charge in [0.2, 0.25) is 0 Å². The molecule has 4 nitrogen and oxygen atoms in total. The van der Waals surface area contributed by atoms with Gasteiger partial charge in [0, 0.05) is 23.9 Å². The van der Waals surface area contributed by atoms with Crippen LogP contribution in [0.15, 0.2) is 24.4 Å². The number of ether oxygens (including phenoxy) is 1. The van der Waals surface area contributed by atoms with E-state index in [4.69, 9.17) is 4.74 Å². The molecule has 0 radical (unpaired) electrons. The molecule has 1 unspecified atom stereocenters. The third kappa shape index (κ3) is 2.49. The van der Waals surface area contributed by atoms with Crippen molar-refractivity contribution >= 4 is 0 Å². The van der Waals surface area contributed by atoms with Crippen molar-refractivity contribution in [1.29, 1.82) is 0 Å². The molecule has 1 heterocycles. The molecule has 0 fully saturated rings. The van der Waals surface area contributed by atoms with Crippen molar-refractivity contribution in [1.82, 2.24) is 15.1 Å². The molecule has 0 aliphatic carbocycles. The lowest BCUT2D eigenvalue weighted by Gasteiger charge is -2.20. The zero-order valence-electron chi connectivity index (χ0n) is 12.2. The standard InChI is InChI=1S/C15H21N3O/c1-10-6-7-14(19-5)12(8-10)15(16-3)13-9-17-18(4)11(13)2/h6-9,15-16H,1-5H3. The summed E-state index contributed by atoms with van der Waals surface area (Å²) < 4.78 is 7.37. The Kier molecular flexibility index (Phi) is 3.90. The summed E-state index contributed by atoms with van der Waals surface area (Å²) in [5.74, 6) is 0.896. The highest BCUT2D eigenvalue weighted by molar-refractivity contribution is 5.44. The molecule has 4 heteroatoms. The highest BCUT2D eigenvalue weighted by atomic mass is 16.5. The number of aryl methyl sites for hydroxylation is 2. The fraction of sp³-hybridized carbons (Fsp3) is 0.400. The summed E-state index contributed by atoms with van der Waals surface area (Å²) in [6.45, 7) is 4.17. The van der Waals surface area contributed by atoms with Crippen molar-refractivity contribution in [2.24, 2.45) is 7.05 Å². The number of nitrogens with zero attached hydrogens (tertiary/aromatic N) is 2. The fourth-order valence-electron chi connectivity index (χ4n) is 2.36. The third-order valence-corrected chi connectivity index (χ3v) is 3.57. The summed E-state index contributed by atoms with van der Waals surface area (Å²) in [6.07, 6.45) is 1.91. The van der Waals surface area contributed by atoms with E-state index in [1.807, 2.05) is 31.0 Å². The van der Waals surface area contributed by atoms with E-state index in [2.05, 4.69) is 36.4 Å². The Bertz CT molecular complexity index is 575. The normalized spacial score (nSPS) is 12.5. The zero-order valence-corrected chi connectivity index (χ0v) is 12.2. The molecule has 0 saturated heterocycles. The number of hydrogen-bond donors (Lipinski definition) is 1. The van der Waals surface area contributed by atoms with Crippen molar-refractivity contribution in [2.75, 3.05) is 14.2 Å². The Balaban J connectivity index is 2.53. The largest absolute Gasteiger partial charge is 0.496 e. The van der Waals surface area contributed by atoms with Crippen molar-refractivity contribution in [3.05, 3.63) is 46.8 Å². The van der Waals surface area contributed by atoms with Crippen LogP contribution in [0.5, 0.6) is 5.75 Å². The molecule has 0 amide bonds. The molecule has 0 aliphatic rings. The summed E-state index contributed by atoms with van der Waals surface area (Å²) in [4.78, 5) is 0. The first-order chi connectivity index (χ1) is 9.08. The predicted molar refractivity (Wildman–Crippen MR) is 76.6 cm³/mol. The van der Waals surface area contributed by atoms with E-state index in [0.29, 0.717) is 0 Å². The molecule has 0 bridgehead atoms. The molecule has 0 aliphatic heterocycles. The third-order valence-electron chi connectivity index (χ3n) is 3.57. The molecule has 0 saturated carbocycles. The summed E-state index contributed by atoms with van der Waals surface area (Å²) in [5.41, 5.74) is 4.69. The lowest BCUT2D eigenvalue weighted by Crippen LogP contribution is -2.19. The van der Waals surface area contributed by atoms with Gasteiger partial charge in [-0.2, -0.15) is 5.10 Å². The first-order valence-corrected chi connectivity index (χ1v) is 6.38. The van der Waals surface area contributed by atoms with E-state index in [0.717, 1.165) is 17.0 Å². The van der Waals surface area contributed by atoms with Gasteiger partial charge in [-0.25, -0.2) is 0 Å². The zero-order chi connectivity index (χ0) is 14.0. The number of methoxy groups -OCH3 is 1. The van der Waals surface area contributed by atoms with Gasteiger partial charge in [0.1, 0.15) is 5.75 Å². The van der Waals surface area contributed by atoms with Crippen LogP contribution in [0.3, 0.4) is 0 Å². The number of benzene rings is 1. The maximum Gasteiger partial charge on any atom is 0.124 e. The molecule has 2 rings (SSSR count). The first-order valence-electron chi connectivity index (χ1n) is 6.38. The molecular formula is C15H21N3O. The Morgan fingerprint density at radius 3 is 2.53 bits per heavy atom. The summed E-state index contributed by atoms with van der Waals surface area (Å²) in [5, 5.41) is 7.68.